The number of furan rings is 1. The van der Waals surface area contributed by atoms with E-state index in [-0.39, 0.29) is 17.9 Å². The molecule has 0 saturated heterocycles. The van der Waals surface area contributed by atoms with Gasteiger partial charge in [-0.2, -0.15) is 0 Å². The van der Waals surface area contributed by atoms with Crippen LogP contribution < -0.4 is 10.1 Å². The van der Waals surface area contributed by atoms with E-state index in [1.807, 2.05) is 41.8 Å². The largest absolute Gasteiger partial charge is 0.497 e. The molecular weight excluding hydrogens is 418 g/mol. The SMILES string of the molecule is COc1ccc(CN2C(=O)c3cc4occc4n3C[C@@]2(C)C(=O)NC2CCC(C)CC2)cc1. The molecule has 2 amide bonds. The van der Waals surface area contributed by atoms with Crippen molar-refractivity contribution in [3.63, 3.8) is 0 Å². The summed E-state index contributed by atoms with van der Waals surface area (Å²) in [6.07, 6.45) is 5.82. The maximum Gasteiger partial charge on any atom is 0.271 e. The summed E-state index contributed by atoms with van der Waals surface area (Å²) >= 11 is 0. The lowest BCUT2D eigenvalue weighted by Gasteiger charge is -2.45. The maximum atomic E-state index is 13.8. The van der Waals surface area contributed by atoms with E-state index < -0.39 is 5.54 Å². The molecule has 1 N–H and O–H groups in total. The number of hydrogen-bond acceptors (Lipinski definition) is 4. The zero-order chi connectivity index (χ0) is 23.2. The van der Waals surface area contributed by atoms with Gasteiger partial charge in [-0.1, -0.05) is 19.1 Å². The standard InChI is InChI=1S/C26H31N3O4/c1-17-4-8-19(9-5-17)27-25(31)26(2)16-28-21-12-13-33-23(21)14-22(28)24(30)29(26)15-18-6-10-20(32-3)11-7-18/h6-7,10-14,17,19H,4-5,8-9,15-16H2,1-3H3,(H,27,31)/t17?,19?,26-/m0/s1. The summed E-state index contributed by atoms with van der Waals surface area (Å²) in [5.41, 5.74) is 1.96. The second-order valence-corrected chi connectivity index (χ2v) is 9.73. The lowest BCUT2D eigenvalue weighted by atomic mass is 9.86. The van der Waals surface area contributed by atoms with Crippen LogP contribution in [0.4, 0.5) is 0 Å². The third-order valence-corrected chi connectivity index (χ3v) is 7.39. The van der Waals surface area contributed by atoms with Gasteiger partial charge in [0.1, 0.15) is 17.0 Å². The van der Waals surface area contributed by atoms with Crippen LogP contribution in [0.3, 0.4) is 0 Å². The molecule has 1 saturated carbocycles. The van der Waals surface area contributed by atoms with Crippen LogP contribution in [-0.2, 0) is 17.9 Å². The van der Waals surface area contributed by atoms with Gasteiger partial charge in [-0.3, -0.25) is 9.59 Å². The molecule has 0 unspecified atom stereocenters. The second kappa shape index (κ2) is 8.28. The zero-order valence-corrected chi connectivity index (χ0v) is 19.5. The first-order valence-corrected chi connectivity index (χ1v) is 11.7. The Morgan fingerprint density at radius 3 is 2.61 bits per heavy atom. The maximum absolute atomic E-state index is 13.8. The molecule has 33 heavy (non-hydrogen) atoms. The van der Waals surface area contributed by atoms with Crippen molar-refractivity contribution in [2.24, 2.45) is 5.92 Å². The molecule has 1 aromatic carbocycles. The van der Waals surface area contributed by atoms with Crippen molar-refractivity contribution in [2.75, 3.05) is 7.11 Å². The predicted octanol–water partition coefficient (Wildman–Crippen LogP) is 4.35. The van der Waals surface area contributed by atoms with Crippen LogP contribution in [-0.4, -0.2) is 40.0 Å². The van der Waals surface area contributed by atoms with E-state index in [1.165, 1.54) is 0 Å². The third-order valence-electron chi connectivity index (χ3n) is 7.39. The minimum absolute atomic E-state index is 0.0973. The molecule has 7 heteroatoms. The zero-order valence-electron chi connectivity index (χ0n) is 19.5. The molecule has 1 aliphatic heterocycles. The van der Waals surface area contributed by atoms with Crippen molar-refractivity contribution in [1.29, 1.82) is 0 Å². The number of rotatable bonds is 5. The number of aromatic nitrogens is 1. The highest BCUT2D eigenvalue weighted by atomic mass is 16.5. The van der Waals surface area contributed by atoms with E-state index in [0.29, 0.717) is 30.3 Å². The number of nitrogens with zero attached hydrogens (tertiary/aromatic N) is 2. The second-order valence-electron chi connectivity index (χ2n) is 9.73. The number of hydrogen-bond donors (Lipinski definition) is 1. The van der Waals surface area contributed by atoms with Crippen molar-refractivity contribution < 1.29 is 18.7 Å². The van der Waals surface area contributed by atoms with E-state index >= 15 is 0 Å². The highest BCUT2D eigenvalue weighted by Crippen LogP contribution is 2.34. The molecule has 1 atom stereocenters. The quantitative estimate of drug-likeness (QED) is 0.628. The average molecular weight is 450 g/mol. The predicted molar refractivity (Wildman–Crippen MR) is 125 cm³/mol. The Hall–Kier alpha value is -3.22. The first-order valence-electron chi connectivity index (χ1n) is 11.7. The fourth-order valence-corrected chi connectivity index (χ4v) is 5.18. The lowest BCUT2D eigenvalue weighted by molar-refractivity contribution is -0.134. The van der Waals surface area contributed by atoms with Crippen molar-refractivity contribution in [3.8, 4) is 5.75 Å². The Bertz CT molecular complexity index is 1170. The van der Waals surface area contributed by atoms with Crippen molar-refractivity contribution >= 4 is 22.9 Å². The summed E-state index contributed by atoms with van der Waals surface area (Å²) in [6.45, 7) is 4.85. The summed E-state index contributed by atoms with van der Waals surface area (Å²) < 4.78 is 12.7. The van der Waals surface area contributed by atoms with Gasteiger partial charge in [0.25, 0.3) is 5.91 Å². The normalized spacial score (nSPS) is 25.2. The number of methoxy groups -OCH3 is 1. The first kappa shape index (κ1) is 21.6. The number of ether oxygens (including phenoxy) is 1. The molecule has 3 heterocycles. The molecule has 0 bridgehead atoms. The van der Waals surface area contributed by atoms with Gasteiger partial charge in [0, 0.05) is 24.7 Å². The Labute approximate surface area is 193 Å². The summed E-state index contributed by atoms with van der Waals surface area (Å²) in [7, 11) is 1.63. The summed E-state index contributed by atoms with van der Waals surface area (Å²) in [6, 6.07) is 11.4. The smallest absolute Gasteiger partial charge is 0.271 e. The average Bonchev–Trinajstić information content (AvgIpc) is 3.41. The summed E-state index contributed by atoms with van der Waals surface area (Å²) in [4.78, 5) is 29.2. The highest BCUT2D eigenvalue weighted by Gasteiger charge is 2.48. The van der Waals surface area contributed by atoms with Gasteiger partial charge in [0.15, 0.2) is 5.58 Å². The van der Waals surface area contributed by atoms with E-state index in [1.54, 1.807) is 24.3 Å². The van der Waals surface area contributed by atoms with Crippen LogP contribution in [0.2, 0.25) is 0 Å². The number of amides is 2. The van der Waals surface area contributed by atoms with Gasteiger partial charge >= 0.3 is 0 Å². The Morgan fingerprint density at radius 2 is 1.91 bits per heavy atom. The Kier molecular flexibility index (Phi) is 5.43. The van der Waals surface area contributed by atoms with Crippen LogP contribution in [0.15, 0.2) is 47.1 Å². The van der Waals surface area contributed by atoms with Gasteiger partial charge < -0.3 is 23.9 Å². The molecule has 1 fully saturated rings. The van der Waals surface area contributed by atoms with Crippen LogP contribution in [0.25, 0.3) is 11.1 Å². The molecule has 7 nitrogen and oxygen atoms in total. The third kappa shape index (κ3) is 3.79. The first-order chi connectivity index (χ1) is 15.9. The van der Waals surface area contributed by atoms with Crippen molar-refractivity contribution in [2.45, 2.75) is 64.2 Å². The molecule has 0 radical (unpaired) electrons. The number of fused-ring (bicyclic) bond motifs is 3. The summed E-state index contributed by atoms with van der Waals surface area (Å²) in [5, 5.41) is 3.28. The van der Waals surface area contributed by atoms with E-state index in [9.17, 15) is 9.59 Å². The molecule has 2 aromatic heterocycles. The van der Waals surface area contributed by atoms with Crippen LogP contribution in [0.5, 0.6) is 5.75 Å². The minimum atomic E-state index is -1.03. The van der Waals surface area contributed by atoms with Crippen LogP contribution >= 0.6 is 0 Å². The lowest BCUT2D eigenvalue weighted by Crippen LogP contribution is -2.64. The molecule has 174 valence electrons. The van der Waals surface area contributed by atoms with Gasteiger partial charge in [0.2, 0.25) is 5.91 Å². The Balaban J connectivity index is 1.49. The van der Waals surface area contributed by atoms with Crippen molar-refractivity contribution in [3.05, 3.63) is 53.9 Å². The molecule has 5 rings (SSSR count). The van der Waals surface area contributed by atoms with Gasteiger partial charge in [-0.15, -0.1) is 0 Å². The fraction of sp³-hybridized carbons (Fsp3) is 0.462. The molecule has 2 aliphatic rings. The topological polar surface area (TPSA) is 76.7 Å². The van der Waals surface area contributed by atoms with E-state index in [2.05, 4.69) is 12.2 Å². The number of nitrogens with one attached hydrogen (secondary N) is 1. The van der Waals surface area contributed by atoms with Gasteiger partial charge in [0.05, 0.1) is 25.4 Å². The monoisotopic (exact) mass is 449 g/mol. The van der Waals surface area contributed by atoms with Gasteiger partial charge in [-0.25, -0.2) is 0 Å². The fourth-order valence-electron chi connectivity index (χ4n) is 5.18. The summed E-state index contributed by atoms with van der Waals surface area (Å²) in [5.74, 6) is 1.19. The number of carbonyl (C=O) groups is 2. The van der Waals surface area contributed by atoms with Crippen LogP contribution in [0.1, 0.15) is 55.6 Å². The molecule has 3 aromatic rings. The van der Waals surface area contributed by atoms with E-state index in [4.69, 9.17) is 9.15 Å². The molecule has 1 aliphatic carbocycles. The molecular formula is C26H31N3O4. The van der Waals surface area contributed by atoms with Gasteiger partial charge in [-0.05, 0) is 56.2 Å². The highest BCUT2D eigenvalue weighted by molar-refractivity contribution is 6.02. The molecule has 0 spiro atoms. The number of benzene rings is 1. The van der Waals surface area contributed by atoms with Crippen molar-refractivity contribution in [1.82, 2.24) is 14.8 Å². The Morgan fingerprint density at radius 1 is 1.18 bits per heavy atom. The van der Waals surface area contributed by atoms with E-state index in [0.717, 1.165) is 42.5 Å². The van der Waals surface area contributed by atoms with Crippen LogP contribution in [0, 0.1) is 5.92 Å². The minimum Gasteiger partial charge on any atom is -0.497 e. The number of carbonyl (C=O) groups excluding carboxylic acids is 2.